The Labute approximate surface area is 288 Å². The van der Waals surface area contributed by atoms with Gasteiger partial charge in [-0.25, -0.2) is 0 Å². The van der Waals surface area contributed by atoms with Crippen molar-refractivity contribution in [2.24, 2.45) is 11.3 Å². The first-order valence-electron chi connectivity index (χ1n) is 18.5. The fourth-order valence-electron chi connectivity index (χ4n) is 10.8. The molecule has 0 amide bonds. The number of allylic oxidation sites excluding steroid dienone is 5. The molecule has 6 heteroatoms. The first-order chi connectivity index (χ1) is 22.5. The lowest BCUT2D eigenvalue weighted by Gasteiger charge is -2.66. The van der Waals surface area contributed by atoms with Crippen LogP contribution in [-0.4, -0.2) is 63.0 Å². The Bertz CT molecular complexity index is 1700. The highest BCUT2D eigenvalue weighted by Crippen LogP contribution is 2.75. The van der Waals surface area contributed by atoms with Crippen molar-refractivity contribution in [3.8, 4) is 0 Å². The maximum Gasteiger partial charge on any atom is 0.152 e. The lowest BCUT2D eigenvalue weighted by atomic mass is 9.40. The summed E-state index contributed by atoms with van der Waals surface area (Å²) >= 11 is 0. The van der Waals surface area contributed by atoms with Gasteiger partial charge in [-0.15, -0.1) is 0 Å². The molecule has 2 aliphatic heterocycles. The first kappa shape index (κ1) is 34.2. The largest absolute Gasteiger partial charge is 0.387 e. The Morgan fingerprint density at radius 1 is 0.979 bits per heavy atom. The number of aliphatic hydroxyl groups is 2. The number of epoxide rings is 1. The SMILES string of the molecule is CC(C)=CCOC(C)(C)[C@H]1O[C@H]2CC[C@]3(C)[C@@]4(C)c5[nH]c6ccc(CC=C(C)C)c(CC=C(C)C)c6c5C[C@@H]4CC[C@@]3(O)C23OC3C1O. The van der Waals surface area contributed by atoms with Gasteiger partial charge >= 0.3 is 0 Å². The average molecular weight is 658 g/mol. The van der Waals surface area contributed by atoms with Crippen molar-refractivity contribution in [3.63, 3.8) is 0 Å². The van der Waals surface area contributed by atoms with Crippen LogP contribution in [0.25, 0.3) is 10.9 Å². The number of rotatable bonds is 8. The lowest BCUT2D eigenvalue weighted by molar-refractivity contribution is -0.283. The van der Waals surface area contributed by atoms with Crippen LogP contribution in [-0.2, 0) is 38.9 Å². The second-order valence-corrected chi connectivity index (χ2v) is 17.5. The number of hydrogen-bond acceptors (Lipinski definition) is 5. The normalized spacial score (nSPS) is 37.9. The molecule has 3 heterocycles. The number of aromatic amines is 1. The van der Waals surface area contributed by atoms with E-state index in [1.165, 1.54) is 50.0 Å². The van der Waals surface area contributed by atoms with E-state index in [0.717, 1.165) is 38.5 Å². The van der Waals surface area contributed by atoms with Gasteiger partial charge in [0.2, 0.25) is 0 Å². The number of H-pyrrole nitrogens is 1. The molecule has 5 aliphatic rings. The highest BCUT2D eigenvalue weighted by Gasteiger charge is 2.86. The molecular weight excluding hydrogens is 598 g/mol. The zero-order valence-electron chi connectivity index (χ0n) is 31.0. The van der Waals surface area contributed by atoms with Gasteiger partial charge in [0.1, 0.15) is 23.9 Å². The van der Waals surface area contributed by atoms with E-state index in [2.05, 4.69) is 90.7 Å². The summed E-state index contributed by atoms with van der Waals surface area (Å²) in [6.45, 7) is 22.0. The summed E-state index contributed by atoms with van der Waals surface area (Å²) in [7, 11) is 0. The molecule has 48 heavy (non-hydrogen) atoms. The van der Waals surface area contributed by atoms with E-state index in [1.54, 1.807) is 0 Å². The molecule has 1 aromatic heterocycles. The van der Waals surface area contributed by atoms with E-state index in [4.69, 9.17) is 14.2 Å². The highest BCUT2D eigenvalue weighted by molar-refractivity contribution is 5.90. The summed E-state index contributed by atoms with van der Waals surface area (Å²) in [5, 5.41) is 26.4. The molecule has 2 aromatic rings. The minimum Gasteiger partial charge on any atom is -0.387 e. The maximum absolute atomic E-state index is 13.3. The third-order valence-corrected chi connectivity index (χ3v) is 13.7. The number of fused-ring (bicyclic) bond motifs is 7. The zero-order chi connectivity index (χ0) is 34.6. The molecule has 2 saturated heterocycles. The van der Waals surface area contributed by atoms with Gasteiger partial charge < -0.3 is 29.4 Å². The molecular formula is C42H59NO5. The van der Waals surface area contributed by atoms with Crippen LogP contribution >= 0.6 is 0 Å². The number of ether oxygens (including phenoxy) is 3. The van der Waals surface area contributed by atoms with Gasteiger partial charge in [-0.2, -0.15) is 0 Å². The van der Waals surface area contributed by atoms with Crippen LogP contribution in [0.3, 0.4) is 0 Å². The maximum atomic E-state index is 13.3. The van der Waals surface area contributed by atoms with E-state index >= 15 is 0 Å². The van der Waals surface area contributed by atoms with Crippen molar-refractivity contribution < 1.29 is 24.4 Å². The summed E-state index contributed by atoms with van der Waals surface area (Å²) in [6.07, 6.45) is 10.6. The summed E-state index contributed by atoms with van der Waals surface area (Å²) < 4.78 is 19.7. The number of aliphatic hydroxyl groups excluding tert-OH is 1. The Morgan fingerprint density at radius 3 is 2.35 bits per heavy atom. The standard InChI is InChI=1S/C42H59NO5/c1-24(2)11-13-27-14-16-31-33(29(27)15-12-25(3)4)30-23-28-17-21-41(45)39(9,40(28,10)35(30)43-31)20-18-32-42(41)37(48-42)34(44)36(47-32)38(7,8)46-22-19-26(5)6/h11-12,14,16,19,28,32,34,36-37,43-45H,13,15,17-18,20-23H2,1-10H3/t28-,32-,34?,36-,37?,39+,40+,41-,42?/m0/s1. The monoisotopic (exact) mass is 657 g/mol. The van der Waals surface area contributed by atoms with Crippen molar-refractivity contribution in [1.82, 2.24) is 4.98 Å². The Kier molecular flexibility index (Phi) is 8.13. The summed E-state index contributed by atoms with van der Waals surface area (Å²) in [4.78, 5) is 3.98. The fourth-order valence-corrected chi connectivity index (χ4v) is 10.8. The summed E-state index contributed by atoms with van der Waals surface area (Å²) in [5.74, 6) is 0.418. The van der Waals surface area contributed by atoms with Gasteiger partial charge in [-0.3, -0.25) is 0 Å². The van der Waals surface area contributed by atoms with Gasteiger partial charge in [-0.05, 0) is 129 Å². The minimum atomic E-state index is -1.14. The van der Waals surface area contributed by atoms with Gasteiger partial charge in [0.25, 0.3) is 0 Å². The predicted molar refractivity (Wildman–Crippen MR) is 192 cm³/mol. The Balaban J connectivity index is 1.27. The van der Waals surface area contributed by atoms with Crippen LogP contribution in [0.4, 0.5) is 0 Å². The van der Waals surface area contributed by atoms with Crippen molar-refractivity contribution in [2.45, 2.75) is 161 Å². The molecule has 1 spiro atoms. The Morgan fingerprint density at radius 2 is 1.67 bits per heavy atom. The van der Waals surface area contributed by atoms with Crippen molar-refractivity contribution in [1.29, 1.82) is 0 Å². The van der Waals surface area contributed by atoms with Crippen LogP contribution in [0.2, 0.25) is 0 Å². The zero-order valence-corrected chi connectivity index (χ0v) is 31.0. The number of nitrogens with one attached hydrogen (secondary N) is 1. The van der Waals surface area contributed by atoms with E-state index in [0.29, 0.717) is 18.9 Å². The van der Waals surface area contributed by atoms with Gasteiger partial charge in [0.05, 0.1) is 18.3 Å². The van der Waals surface area contributed by atoms with E-state index in [1.807, 2.05) is 13.8 Å². The Hall–Kier alpha value is -2.22. The van der Waals surface area contributed by atoms with Gasteiger partial charge in [0.15, 0.2) is 5.60 Å². The molecule has 262 valence electrons. The molecule has 3 aliphatic carbocycles. The topological polar surface area (TPSA) is 87.2 Å². The first-order valence-corrected chi connectivity index (χ1v) is 18.5. The van der Waals surface area contributed by atoms with Crippen LogP contribution in [0.1, 0.15) is 117 Å². The van der Waals surface area contributed by atoms with E-state index < -0.39 is 40.5 Å². The third kappa shape index (κ3) is 4.61. The quantitative estimate of drug-likeness (QED) is 0.198. The average Bonchev–Trinajstić information content (AvgIpc) is 3.59. The molecule has 6 nitrogen and oxygen atoms in total. The molecule has 4 fully saturated rings. The van der Waals surface area contributed by atoms with Gasteiger partial charge in [0, 0.05) is 27.4 Å². The van der Waals surface area contributed by atoms with Crippen LogP contribution in [0, 0.1) is 11.3 Å². The molecule has 7 rings (SSSR count). The van der Waals surface area contributed by atoms with E-state index in [-0.39, 0.29) is 11.5 Å². The summed E-state index contributed by atoms with van der Waals surface area (Å²) in [6, 6.07) is 4.60. The van der Waals surface area contributed by atoms with Crippen molar-refractivity contribution in [3.05, 3.63) is 69.5 Å². The van der Waals surface area contributed by atoms with Crippen LogP contribution in [0.5, 0.6) is 0 Å². The van der Waals surface area contributed by atoms with Crippen molar-refractivity contribution >= 4 is 10.9 Å². The second-order valence-electron chi connectivity index (χ2n) is 17.5. The van der Waals surface area contributed by atoms with Crippen LogP contribution in [0.15, 0.2) is 47.1 Å². The van der Waals surface area contributed by atoms with Crippen LogP contribution < -0.4 is 0 Å². The number of benzene rings is 1. The fraction of sp³-hybridized carbons (Fsp3) is 0.667. The van der Waals surface area contributed by atoms with Crippen molar-refractivity contribution in [2.75, 3.05) is 6.61 Å². The third-order valence-electron chi connectivity index (χ3n) is 13.7. The number of aromatic nitrogens is 1. The second kappa shape index (κ2) is 11.4. The molecule has 3 unspecified atom stereocenters. The lowest BCUT2D eigenvalue weighted by Crippen LogP contribution is -2.76. The van der Waals surface area contributed by atoms with Gasteiger partial charge in [-0.1, -0.05) is 54.9 Å². The molecule has 0 radical (unpaired) electrons. The molecule has 2 saturated carbocycles. The molecule has 3 N–H and O–H groups in total. The molecule has 1 aromatic carbocycles. The van der Waals surface area contributed by atoms with E-state index in [9.17, 15) is 10.2 Å². The number of hydrogen-bond donors (Lipinski definition) is 3. The highest BCUT2D eigenvalue weighted by atomic mass is 16.7. The summed E-state index contributed by atoms with van der Waals surface area (Å²) in [5.41, 5.74) is 7.12. The predicted octanol–water partition coefficient (Wildman–Crippen LogP) is 7.97. The smallest absolute Gasteiger partial charge is 0.152 e. The minimum absolute atomic E-state index is 0.285. The molecule has 0 bridgehead atoms. The molecule has 9 atom stereocenters.